The third-order valence-electron chi connectivity index (χ3n) is 7.85. The van der Waals surface area contributed by atoms with Crippen molar-refractivity contribution in [3.05, 3.63) is 107 Å². The van der Waals surface area contributed by atoms with E-state index in [4.69, 9.17) is 19.4 Å². The topological polar surface area (TPSA) is 150 Å². The standard InChI is InChI=1S/C36H26N4O6/c1-45-23-7-9-25(27(17-23)35(41)42)33-29-11-5-21(38-29)15-19-3-4-20(37-19)16-22-6-12-30(39-22)34(32-14-13-31(33)40-32)26-10-8-24(46-2)18-28(26)36(43)44/h3-18,38-39H,1-2H3,(H,41,42)(H,43,44). The number of carboxylic acids is 2. The van der Waals surface area contributed by atoms with Crippen molar-refractivity contribution in [1.82, 2.24) is 19.9 Å². The largest absolute Gasteiger partial charge is 0.497 e. The molecule has 2 aromatic carbocycles. The average Bonchev–Trinajstić information content (AvgIpc) is 3.88. The molecule has 8 bridgehead atoms. The predicted octanol–water partition coefficient (Wildman–Crippen LogP) is 7.40. The molecule has 5 aromatic rings. The van der Waals surface area contributed by atoms with Gasteiger partial charge in [0.1, 0.15) is 11.5 Å². The highest BCUT2D eigenvalue weighted by Crippen LogP contribution is 2.38. The summed E-state index contributed by atoms with van der Waals surface area (Å²) >= 11 is 0. The summed E-state index contributed by atoms with van der Waals surface area (Å²) in [5.41, 5.74) is 7.25. The van der Waals surface area contributed by atoms with Crippen LogP contribution in [0.3, 0.4) is 0 Å². The Morgan fingerprint density at radius 2 is 1.04 bits per heavy atom. The van der Waals surface area contributed by atoms with Gasteiger partial charge in [0.25, 0.3) is 0 Å². The van der Waals surface area contributed by atoms with Crippen LogP contribution in [0.15, 0.2) is 72.8 Å². The summed E-state index contributed by atoms with van der Waals surface area (Å²) in [5, 5.41) is 20.5. The Kier molecular flexibility index (Phi) is 6.94. The number of aromatic amines is 2. The molecule has 0 saturated heterocycles. The van der Waals surface area contributed by atoms with Crippen molar-refractivity contribution >= 4 is 58.3 Å². The van der Waals surface area contributed by atoms with Crippen molar-refractivity contribution in [2.24, 2.45) is 0 Å². The maximum absolute atomic E-state index is 12.5. The minimum Gasteiger partial charge on any atom is -0.497 e. The van der Waals surface area contributed by atoms with Gasteiger partial charge in [0.2, 0.25) is 0 Å². The van der Waals surface area contributed by atoms with Gasteiger partial charge in [-0.15, -0.1) is 0 Å². The zero-order valence-electron chi connectivity index (χ0n) is 24.7. The van der Waals surface area contributed by atoms with Crippen LogP contribution in [0.2, 0.25) is 0 Å². The molecule has 10 nitrogen and oxygen atoms in total. The van der Waals surface area contributed by atoms with Crippen LogP contribution in [0.4, 0.5) is 0 Å². The van der Waals surface area contributed by atoms with Gasteiger partial charge in [0.15, 0.2) is 0 Å². The monoisotopic (exact) mass is 610 g/mol. The SMILES string of the molecule is COc1ccc(-c2c3nc(c(-c4ccc(OC)cc4C(=O)O)c4ccc(cc5nc(cc6ccc2[nH]6)C=C5)[nH]4)C=C3)c(C(=O)O)c1. The second-order valence-corrected chi connectivity index (χ2v) is 10.6. The predicted molar refractivity (Wildman–Crippen MR) is 177 cm³/mol. The van der Waals surface area contributed by atoms with Gasteiger partial charge in [0, 0.05) is 44.3 Å². The van der Waals surface area contributed by atoms with Gasteiger partial charge in [-0.2, -0.15) is 0 Å². The van der Waals surface area contributed by atoms with E-state index in [9.17, 15) is 19.8 Å². The van der Waals surface area contributed by atoms with E-state index in [-0.39, 0.29) is 11.1 Å². The first-order valence-electron chi connectivity index (χ1n) is 14.2. The summed E-state index contributed by atoms with van der Waals surface area (Å²) in [6, 6.07) is 21.1. The summed E-state index contributed by atoms with van der Waals surface area (Å²) < 4.78 is 10.7. The quantitative estimate of drug-likeness (QED) is 0.152. The number of carbonyl (C=O) groups is 2. The molecule has 5 heterocycles. The number of nitrogens with zero attached hydrogens (tertiary/aromatic N) is 2. The molecule has 2 aliphatic heterocycles. The normalized spacial score (nSPS) is 11.9. The molecule has 0 unspecified atom stereocenters. The Morgan fingerprint density at radius 1 is 0.587 bits per heavy atom. The van der Waals surface area contributed by atoms with E-state index < -0.39 is 11.9 Å². The fourth-order valence-corrected chi connectivity index (χ4v) is 5.73. The minimum absolute atomic E-state index is 0.0350. The van der Waals surface area contributed by atoms with Gasteiger partial charge in [0.05, 0.1) is 48.1 Å². The summed E-state index contributed by atoms with van der Waals surface area (Å²) in [6.07, 6.45) is 7.41. The molecule has 2 aliphatic rings. The van der Waals surface area contributed by atoms with Crippen LogP contribution in [-0.4, -0.2) is 56.3 Å². The second-order valence-electron chi connectivity index (χ2n) is 10.6. The van der Waals surface area contributed by atoms with E-state index in [1.165, 1.54) is 26.4 Å². The van der Waals surface area contributed by atoms with Crippen LogP contribution in [0.25, 0.3) is 68.6 Å². The number of rotatable bonds is 6. The molecule has 4 N–H and O–H groups in total. The number of benzene rings is 2. The number of nitrogens with one attached hydrogen (secondary N) is 2. The maximum atomic E-state index is 12.5. The summed E-state index contributed by atoms with van der Waals surface area (Å²) in [7, 11) is 2.96. The fraction of sp³-hybridized carbons (Fsp3) is 0.0556. The highest BCUT2D eigenvalue weighted by atomic mass is 16.5. The van der Waals surface area contributed by atoms with Crippen molar-refractivity contribution in [3.8, 4) is 33.8 Å². The van der Waals surface area contributed by atoms with E-state index in [1.54, 1.807) is 36.4 Å². The molecular formula is C36H26N4O6. The molecule has 46 heavy (non-hydrogen) atoms. The molecule has 3 aromatic heterocycles. The van der Waals surface area contributed by atoms with Crippen LogP contribution in [0, 0.1) is 0 Å². The Hall–Kier alpha value is -6.42. The average molecular weight is 611 g/mol. The van der Waals surface area contributed by atoms with E-state index in [0.717, 1.165) is 22.4 Å². The summed E-state index contributed by atoms with van der Waals surface area (Å²) in [4.78, 5) is 41.6. The van der Waals surface area contributed by atoms with Crippen LogP contribution in [0.5, 0.6) is 11.5 Å². The maximum Gasteiger partial charge on any atom is 0.336 e. The van der Waals surface area contributed by atoms with E-state index in [0.29, 0.717) is 56.2 Å². The molecule has 7 rings (SSSR count). The Bertz CT molecular complexity index is 2160. The molecule has 0 saturated carbocycles. The Balaban J connectivity index is 1.65. The first-order chi connectivity index (χ1) is 22.3. The van der Waals surface area contributed by atoms with Crippen molar-refractivity contribution in [2.45, 2.75) is 0 Å². The highest BCUT2D eigenvalue weighted by Gasteiger charge is 2.22. The smallest absolute Gasteiger partial charge is 0.336 e. The number of methoxy groups -OCH3 is 2. The van der Waals surface area contributed by atoms with E-state index in [2.05, 4.69) is 9.97 Å². The number of fused-ring (bicyclic) bond motifs is 8. The summed E-state index contributed by atoms with van der Waals surface area (Å²) in [6.45, 7) is 0. The van der Waals surface area contributed by atoms with Crippen LogP contribution >= 0.6 is 0 Å². The third-order valence-corrected chi connectivity index (χ3v) is 7.85. The molecule has 0 fully saturated rings. The zero-order chi connectivity index (χ0) is 31.9. The lowest BCUT2D eigenvalue weighted by atomic mass is 9.97. The van der Waals surface area contributed by atoms with Crippen LogP contribution in [-0.2, 0) is 0 Å². The Morgan fingerprint density at radius 3 is 1.46 bits per heavy atom. The van der Waals surface area contributed by atoms with Crippen molar-refractivity contribution < 1.29 is 29.3 Å². The summed E-state index contributed by atoms with van der Waals surface area (Å²) in [5.74, 6) is -1.45. The lowest BCUT2D eigenvalue weighted by Gasteiger charge is -2.11. The molecule has 0 radical (unpaired) electrons. The number of ether oxygens (including phenoxy) is 2. The molecule has 0 atom stereocenters. The number of hydrogen-bond donors (Lipinski definition) is 4. The van der Waals surface area contributed by atoms with Gasteiger partial charge in [-0.1, -0.05) is 0 Å². The molecule has 226 valence electrons. The molecule has 0 aliphatic carbocycles. The van der Waals surface area contributed by atoms with Gasteiger partial charge in [-0.25, -0.2) is 19.6 Å². The van der Waals surface area contributed by atoms with Crippen LogP contribution in [0.1, 0.15) is 43.5 Å². The number of aromatic carboxylic acids is 2. The fourth-order valence-electron chi connectivity index (χ4n) is 5.73. The molecule has 0 spiro atoms. The first-order valence-corrected chi connectivity index (χ1v) is 14.2. The van der Waals surface area contributed by atoms with E-state index >= 15 is 0 Å². The van der Waals surface area contributed by atoms with Crippen molar-refractivity contribution in [3.63, 3.8) is 0 Å². The van der Waals surface area contributed by atoms with Crippen LogP contribution < -0.4 is 9.47 Å². The van der Waals surface area contributed by atoms with Crippen molar-refractivity contribution in [2.75, 3.05) is 14.2 Å². The molecule has 10 heteroatoms. The number of aromatic nitrogens is 4. The van der Waals surface area contributed by atoms with Gasteiger partial charge < -0.3 is 29.7 Å². The van der Waals surface area contributed by atoms with Gasteiger partial charge in [-0.05, 0) is 97.1 Å². The number of H-pyrrole nitrogens is 2. The van der Waals surface area contributed by atoms with Gasteiger partial charge >= 0.3 is 11.9 Å². The Labute approximate surface area is 262 Å². The third kappa shape index (κ3) is 5.07. The minimum atomic E-state index is -1.13. The lowest BCUT2D eigenvalue weighted by molar-refractivity contribution is 0.0686. The number of hydrogen-bond acceptors (Lipinski definition) is 6. The van der Waals surface area contributed by atoms with E-state index in [1.807, 2.05) is 48.6 Å². The molecular weight excluding hydrogens is 584 g/mol. The van der Waals surface area contributed by atoms with Gasteiger partial charge in [-0.3, -0.25) is 0 Å². The van der Waals surface area contributed by atoms with Crippen molar-refractivity contribution in [1.29, 1.82) is 0 Å². The number of carboxylic acid groups (broad SMARTS) is 2. The zero-order valence-corrected chi connectivity index (χ0v) is 24.7. The highest BCUT2D eigenvalue weighted by molar-refractivity contribution is 6.04. The second kappa shape index (κ2) is 11.3. The first kappa shape index (κ1) is 28.4. The lowest BCUT2D eigenvalue weighted by Crippen LogP contribution is -2.02. The molecule has 0 amide bonds.